The smallest absolute Gasteiger partial charge is 0.303 e. The molecule has 21 heavy (non-hydrogen) atoms. The maximum atomic E-state index is 12.5. The van der Waals surface area contributed by atoms with Gasteiger partial charge in [-0.1, -0.05) is 0 Å². The number of carbonyl (C=O) groups is 2. The standard InChI is InChI=1S/C16H21NO3S/c1-21-14-7-5-13(6-8-14)16(20)17-10-2-3-12(11-17)4-9-15(18)19/h5-8,12H,2-4,9-11H2,1H3,(H,18,19). The number of hydrogen-bond acceptors (Lipinski definition) is 3. The molecule has 0 spiro atoms. The van der Waals surface area contributed by atoms with E-state index < -0.39 is 5.97 Å². The van der Waals surface area contributed by atoms with Crippen molar-refractivity contribution in [1.29, 1.82) is 0 Å². The summed E-state index contributed by atoms with van der Waals surface area (Å²) < 4.78 is 0. The normalized spacial score (nSPS) is 18.5. The first-order valence-corrected chi connectivity index (χ1v) is 8.47. The summed E-state index contributed by atoms with van der Waals surface area (Å²) in [6, 6.07) is 7.66. The highest BCUT2D eigenvalue weighted by atomic mass is 32.2. The minimum absolute atomic E-state index is 0.0580. The van der Waals surface area contributed by atoms with Crippen LogP contribution in [0.5, 0.6) is 0 Å². The highest BCUT2D eigenvalue weighted by Crippen LogP contribution is 2.23. The molecule has 2 rings (SSSR count). The number of amides is 1. The van der Waals surface area contributed by atoms with Crippen LogP contribution in [0.1, 0.15) is 36.0 Å². The highest BCUT2D eigenvalue weighted by molar-refractivity contribution is 7.98. The van der Waals surface area contributed by atoms with Crippen molar-refractivity contribution in [2.24, 2.45) is 5.92 Å². The monoisotopic (exact) mass is 307 g/mol. The van der Waals surface area contributed by atoms with E-state index in [2.05, 4.69) is 0 Å². The fraction of sp³-hybridized carbons (Fsp3) is 0.500. The van der Waals surface area contributed by atoms with E-state index in [1.54, 1.807) is 11.8 Å². The van der Waals surface area contributed by atoms with Gasteiger partial charge in [0.05, 0.1) is 0 Å². The minimum Gasteiger partial charge on any atom is -0.481 e. The van der Waals surface area contributed by atoms with Crippen molar-refractivity contribution in [1.82, 2.24) is 4.90 Å². The molecular formula is C16H21NO3S. The van der Waals surface area contributed by atoms with Crippen LogP contribution in [0.4, 0.5) is 0 Å². The number of benzene rings is 1. The lowest BCUT2D eigenvalue weighted by Crippen LogP contribution is -2.40. The zero-order chi connectivity index (χ0) is 15.2. The van der Waals surface area contributed by atoms with Gasteiger partial charge in [0.15, 0.2) is 0 Å². The Morgan fingerprint density at radius 1 is 1.33 bits per heavy atom. The lowest BCUT2D eigenvalue weighted by molar-refractivity contribution is -0.137. The van der Waals surface area contributed by atoms with Crippen LogP contribution in [0.15, 0.2) is 29.2 Å². The molecule has 1 atom stereocenters. The van der Waals surface area contributed by atoms with E-state index in [9.17, 15) is 9.59 Å². The number of nitrogens with zero attached hydrogens (tertiary/aromatic N) is 1. The van der Waals surface area contributed by atoms with Gasteiger partial charge in [0.1, 0.15) is 0 Å². The van der Waals surface area contributed by atoms with Crippen LogP contribution >= 0.6 is 11.8 Å². The third-order valence-electron chi connectivity index (χ3n) is 3.91. The minimum atomic E-state index is -0.758. The second-order valence-electron chi connectivity index (χ2n) is 5.42. The summed E-state index contributed by atoms with van der Waals surface area (Å²) >= 11 is 1.65. The van der Waals surface area contributed by atoms with Crippen LogP contribution in [0.3, 0.4) is 0 Å². The molecule has 1 unspecified atom stereocenters. The molecule has 5 heteroatoms. The van der Waals surface area contributed by atoms with E-state index in [0.29, 0.717) is 24.4 Å². The largest absolute Gasteiger partial charge is 0.481 e. The number of carboxylic acids is 1. The van der Waals surface area contributed by atoms with Crippen molar-refractivity contribution >= 4 is 23.6 Å². The van der Waals surface area contributed by atoms with Crippen molar-refractivity contribution < 1.29 is 14.7 Å². The molecule has 1 fully saturated rings. The van der Waals surface area contributed by atoms with E-state index in [1.165, 1.54) is 0 Å². The molecule has 0 saturated carbocycles. The number of hydrogen-bond donors (Lipinski definition) is 1. The Morgan fingerprint density at radius 3 is 2.67 bits per heavy atom. The molecule has 1 heterocycles. The summed E-state index contributed by atoms with van der Waals surface area (Å²) in [5.74, 6) is -0.391. The zero-order valence-electron chi connectivity index (χ0n) is 12.2. The van der Waals surface area contributed by atoms with Gasteiger partial charge in [-0.2, -0.15) is 0 Å². The summed E-state index contributed by atoms with van der Waals surface area (Å²) in [4.78, 5) is 26.2. The topological polar surface area (TPSA) is 57.6 Å². The first-order chi connectivity index (χ1) is 10.1. The SMILES string of the molecule is CSc1ccc(C(=O)N2CCCC(CCC(=O)O)C2)cc1. The van der Waals surface area contributed by atoms with Crippen LogP contribution in [-0.2, 0) is 4.79 Å². The summed E-state index contributed by atoms with van der Waals surface area (Å²) in [6.07, 6.45) is 4.83. The van der Waals surface area contributed by atoms with E-state index in [4.69, 9.17) is 5.11 Å². The second-order valence-corrected chi connectivity index (χ2v) is 6.30. The van der Waals surface area contributed by atoms with Crippen LogP contribution in [0, 0.1) is 5.92 Å². The molecule has 4 nitrogen and oxygen atoms in total. The highest BCUT2D eigenvalue weighted by Gasteiger charge is 2.24. The van der Waals surface area contributed by atoms with Crippen molar-refractivity contribution in [3.8, 4) is 0 Å². The van der Waals surface area contributed by atoms with Crippen LogP contribution in [-0.4, -0.2) is 41.2 Å². The molecule has 0 aromatic heterocycles. The summed E-state index contributed by atoms with van der Waals surface area (Å²) in [6.45, 7) is 1.45. The average Bonchev–Trinajstić information content (AvgIpc) is 2.52. The number of carboxylic acid groups (broad SMARTS) is 1. The van der Waals surface area contributed by atoms with Crippen molar-refractivity contribution in [2.75, 3.05) is 19.3 Å². The number of thioether (sulfide) groups is 1. The molecule has 1 aromatic carbocycles. The molecular weight excluding hydrogens is 286 g/mol. The van der Waals surface area contributed by atoms with Gasteiger partial charge in [-0.05, 0) is 55.7 Å². The predicted molar refractivity (Wildman–Crippen MR) is 83.7 cm³/mol. The molecule has 0 aliphatic carbocycles. The Labute approximate surface area is 129 Å². The summed E-state index contributed by atoms with van der Waals surface area (Å²) in [5, 5.41) is 8.76. The zero-order valence-corrected chi connectivity index (χ0v) is 13.1. The first kappa shape index (κ1) is 15.9. The number of carbonyl (C=O) groups excluding carboxylic acids is 1. The maximum Gasteiger partial charge on any atom is 0.303 e. The van der Waals surface area contributed by atoms with E-state index >= 15 is 0 Å². The van der Waals surface area contributed by atoms with Gasteiger partial charge in [0.25, 0.3) is 5.91 Å². The summed E-state index contributed by atoms with van der Waals surface area (Å²) in [7, 11) is 0. The van der Waals surface area contributed by atoms with Crippen LogP contribution in [0.25, 0.3) is 0 Å². The fourth-order valence-corrected chi connectivity index (χ4v) is 3.14. The first-order valence-electron chi connectivity index (χ1n) is 7.25. The van der Waals surface area contributed by atoms with Crippen molar-refractivity contribution in [3.63, 3.8) is 0 Å². The van der Waals surface area contributed by atoms with Gasteiger partial charge >= 0.3 is 5.97 Å². The number of piperidine rings is 1. The molecule has 1 N–H and O–H groups in total. The third-order valence-corrected chi connectivity index (χ3v) is 4.65. The third kappa shape index (κ3) is 4.49. The number of aliphatic carboxylic acids is 1. The Kier molecular flexibility index (Phi) is 5.67. The van der Waals surface area contributed by atoms with E-state index in [-0.39, 0.29) is 12.3 Å². The lowest BCUT2D eigenvalue weighted by Gasteiger charge is -2.32. The molecule has 0 radical (unpaired) electrons. The molecule has 1 aliphatic heterocycles. The molecule has 1 aromatic rings. The average molecular weight is 307 g/mol. The molecule has 1 saturated heterocycles. The van der Waals surface area contributed by atoms with Gasteiger partial charge < -0.3 is 10.0 Å². The molecule has 114 valence electrons. The van der Waals surface area contributed by atoms with Crippen molar-refractivity contribution in [3.05, 3.63) is 29.8 Å². The Balaban J connectivity index is 1.96. The number of likely N-dealkylation sites (tertiary alicyclic amines) is 1. The van der Waals surface area contributed by atoms with Gasteiger partial charge in [-0.15, -0.1) is 11.8 Å². The quantitative estimate of drug-likeness (QED) is 0.849. The molecule has 1 amide bonds. The second kappa shape index (κ2) is 7.50. The van der Waals surface area contributed by atoms with Crippen LogP contribution < -0.4 is 0 Å². The lowest BCUT2D eigenvalue weighted by atomic mass is 9.93. The summed E-state index contributed by atoms with van der Waals surface area (Å²) in [5.41, 5.74) is 0.715. The van der Waals surface area contributed by atoms with Gasteiger partial charge in [0, 0.05) is 30.0 Å². The van der Waals surface area contributed by atoms with E-state index in [1.807, 2.05) is 35.4 Å². The Hall–Kier alpha value is -1.49. The molecule has 1 aliphatic rings. The molecule has 0 bridgehead atoms. The van der Waals surface area contributed by atoms with E-state index in [0.717, 1.165) is 24.3 Å². The van der Waals surface area contributed by atoms with Gasteiger partial charge in [0.2, 0.25) is 0 Å². The maximum absolute atomic E-state index is 12.5. The Morgan fingerprint density at radius 2 is 2.05 bits per heavy atom. The fourth-order valence-electron chi connectivity index (χ4n) is 2.73. The predicted octanol–water partition coefficient (Wildman–Crippen LogP) is 3.13. The van der Waals surface area contributed by atoms with Gasteiger partial charge in [-0.25, -0.2) is 0 Å². The van der Waals surface area contributed by atoms with Gasteiger partial charge in [-0.3, -0.25) is 9.59 Å². The van der Waals surface area contributed by atoms with Crippen LogP contribution in [0.2, 0.25) is 0 Å². The number of rotatable bonds is 5. The van der Waals surface area contributed by atoms with Crippen molar-refractivity contribution in [2.45, 2.75) is 30.6 Å². The Bertz CT molecular complexity index is 501.